The molecule has 5 heteroatoms. The van der Waals surface area contributed by atoms with Gasteiger partial charge in [-0.25, -0.2) is 9.18 Å². The molecule has 0 fully saturated rings. The van der Waals surface area contributed by atoms with Crippen molar-refractivity contribution in [3.05, 3.63) is 34.5 Å². The lowest BCUT2D eigenvalue weighted by Gasteiger charge is -1.98. The van der Waals surface area contributed by atoms with Gasteiger partial charge in [-0.15, -0.1) is 11.3 Å². The van der Waals surface area contributed by atoms with Gasteiger partial charge in [0.25, 0.3) is 0 Å². The molecule has 0 atom stereocenters. The Labute approximate surface area is 111 Å². The number of esters is 1. The Bertz CT molecular complexity index is 565. The van der Waals surface area contributed by atoms with Gasteiger partial charge in [-0.2, -0.15) is 0 Å². The van der Waals surface area contributed by atoms with Crippen LogP contribution < -0.4 is 0 Å². The summed E-state index contributed by atoms with van der Waals surface area (Å²) >= 11 is 4.48. The third-order valence-electron chi connectivity index (χ3n) is 2.34. The van der Waals surface area contributed by atoms with Crippen molar-refractivity contribution in [3.63, 3.8) is 0 Å². The molecule has 0 N–H and O–H groups in total. The quantitative estimate of drug-likeness (QED) is 0.629. The second-order valence-electron chi connectivity index (χ2n) is 3.42. The van der Waals surface area contributed by atoms with Crippen molar-refractivity contribution in [2.24, 2.45) is 0 Å². The van der Waals surface area contributed by atoms with Gasteiger partial charge >= 0.3 is 5.97 Å². The minimum Gasteiger partial charge on any atom is -0.462 e. The summed E-state index contributed by atoms with van der Waals surface area (Å²) in [5.74, 6) is -0.667. The van der Waals surface area contributed by atoms with Crippen LogP contribution in [0.4, 0.5) is 4.39 Å². The first kappa shape index (κ1) is 12.5. The van der Waals surface area contributed by atoms with Gasteiger partial charge in [0, 0.05) is 15.4 Å². The number of hydrogen-bond donors (Lipinski definition) is 0. The van der Waals surface area contributed by atoms with Crippen molar-refractivity contribution < 1.29 is 13.9 Å². The Morgan fingerprint density at radius 1 is 1.53 bits per heavy atom. The van der Waals surface area contributed by atoms with Crippen molar-refractivity contribution in [2.45, 2.75) is 12.3 Å². The fourth-order valence-electron chi connectivity index (χ4n) is 1.53. The van der Waals surface area contributed by atoms with Crippen LogP contribution in [0.25, 0.3) is 10.1 Å². The van der Waals surface area contributed by atoms with Crippen molar-refractivity contribution in [1.82, 2.24) is 0 Å². The Hall–Kier alpha value is -0.940. The van der Waals surface area contributed by atoms with Gasteiger partial charge in [0.2, 0.25) is 0 Å². The summed E-state index contributed by atoms with van der Waals surface area (Å²) in [6, 6.07) is 5.10. The molecule has 0 spiro atoms. The molecule has 0 saturated carbocycles. The molecule has 0 aliphatic carbocycles. The molecule has 2 aromatic rings. The third kappa shape index (κ3) is 2.35. The van der Waals surface area contributed by atoms with E-state index in [0.29, 0.717) is 27.8 Å². The van der Waals surface area contributed by atoms with Gasteiger partial charge in [0.1, 0.15) is 10.7 Å². The largest absolute Gasteiger partial charge is 0.462 e. The highest BCUT2D eigenvalue weighted by molar-refractivity contribution is 9.08. The maximum Gasteiger partial charge on any atom is 0.348 e. The molecule has 2 nitrogen and oxygen atoms in total. The van der Waals surface area contributed by atoms with E-state index in [4.69, 9.17) is 4.74 Å². The zero-order valence-corrected chi connectivity index (χ0v) is 11.5. The molecule has 2 rings (SSSR count). The monoisotopic (exact) mass is 316 g/mol. The van der Waals surface area contributed by atoms with E-state index in [9.17, 15) is 9.18 Å². The first-order chi connectivity index (χ1) is 8.17. The molecule has 90 valence electrons. The van der Waals surface area contributed by atoms with Gasteiger partial charge < -0.3 is 4.74 Å². The summed E-state index contributed by atoms with van der Waals surface area (Å²) in [4.78, 5) is 12.0. The Morgan fingerprint density at radius 2 is 2.29 bits per heavy atom. The molecular formula is C12H10BrFO2S. The number of hydrogen-bond acceptors (Lipinski definition) is 3. The summed E-state index contributed by atoms with van der Waals surface area (Å²) in [7, 11) is 0. The third-order valence-corrected chi connectivity index (χ3v) is 4.02. The van der Waals surface area contributed by atoms with Crippen LogP contribution in [0.3, 0.4) is 0 Å². The minimum absolute atomic E-state index is 0.272. The number of fused-ring (bicyclic) bond motifs is 1. The smallest absolute Gasteiger partial charge is 0.348 e. The van der Waals surface area contributed by atoms with E-state index in [2.05, 4.69) is 15.9 Å². The maximum absolute atomic E-state index is 14.0. The highest BCUT2D eigenvalue weighted by atomic mass is 79.9. The molecular weight excluding hydrogens is 307 g/mol. The number of halogens is 2. The first-order valence-electron chi connectivity index (χ1n) is 5.11. The van der Waals surface area contributed by atoms with Crippen molar-refractivity contribution >= 4 is 43.3 Å². The fourth-order valence-corrected chi connectivity index (χ4v) is 2.91. The molecule has 0 radical (unpaired) electrons. The molecule has 1 aromatic carbocycles. The molecule has 0 aliphatic rings. The molecule has 0 saturated heterocycles. The van der Waals surface area contributed by atoms with E-state index >= 15 is 0 Å². The second-order valence-corrected chi connectivity index (χ2v) is 5.06. The van der Waals surface area contributed by atoms with E-state index in [-0.39, 0.29) is 5.82 Å². The number of rotatable bonds is 3. The lowest BCUT2D eigenvalue weighted by molar-refractivity contribution is 0.0532. The summed E-state index contributed by atoms with van der Waals surface area (Å²) in [5, 5.41) is 0.939. The zero-order chi connectivity index (χ0) is 12.4. The Morgan fingerprint density at radius 3 is 2.94 bits per heavy atom. The van der Waals surface area contributed by atoms with Crippen molar-refractivity contribution in [3.8, 4) is 0 Å². The summed E-state index contributed by atoms with van der Waals surface area (Å²) in [5.41, 5.74) is 0.589. The lowest BCUT2D eigenvalue weighted by Crippen LogP contribution is -2.01. The van der Waals surface area contributed by atoms with E-state index in [1.54, 1.807) is 19.1 Å². The average molecular weight is 317 g/mol. The predicted octanol–water partition coefficient (Wildman–Crippen LogP) is 4.11. The highest BCUT2D eigenvalue weighted by Gasteiger charge is 2.15. The molecule has 0 amide bonds. The molecule has 0 bridgehead atoms. The topological polar surface area (TPSA) is 26.3 Å². The molecule has 1 heterocycles. The molecule has 0 unspecified atom stereocenters. The molecule has 1 aromatic heterocycles. The van der Waals surface area contributed by atoms with E-state index < -0.39 is 5.97 Å². The number of carbonyl (C=O) groups is 1. The van der Waals surface area contributed by atoms with Crippen LogP contribution in [0.1, 0.15) is 22.2 Å². The van der Waals surface area contributed by atoms with Crippen molar-refractivity contribution in [2.75, 3.05) is 6.61 Å². The second kappa shape index (κ2) is 5.14. The number of alkyl halides is 1. The standard InChI is InChI=1S/C12H10BrFO2S/c1-2-16-12(15)10-5-8-9(17-10)4-3-7(6-13)11(8)14/h3-5H,2,6H2,1H3. The lowest BCUT2D eigenvalue weighted by atomic mass is 10.1. The van der Waals surface area contributed by atoms with E-state index in [1.165, 1.54) is 11.3 Å². The van der Waals surface area contributed by atoms with Crippen LogP contribution in [0.2, 0.25) is 0 Å². The SMILES string of the molecule is CCOC(=O)c1cc2c(F)c(CBr)ccc2s1. The summed E-state index contributed by atoms with van der Waals surface area (Å²) in [6.45, 7) is 2.07. The van der Waals surface area contributed by atoms with Gasteiger partial charge in [-0.3, -0.25) is 0 Å². The molecule has 17 heavy (non-hydrogen) atoms. The van der Waals surface area contributed by atoms with Gasteiger partial charge in [0.05, 0.1) is 6.61 Å². The number of ether oxygens (including phenoxy) is 1. The van der Waals surface area contributed by atoms with Crippen LogP contribution in [0, 0.1) is 5.82 Å². The Balaban J connectivity index is 2.50. The van der Waals surface area contributed by atoms with E-state index in [1.807, 2.05) is 6.07 Å². The number of carbonyl (C=O) groups excluding carboxylic acids is 1. The number of benzene rings is 1. The number of thiophene rings is 1. The first-order valence-corrected chi connectivity index (χ1v) is 7.05. The average Bonchev–Trinajstić information content (AvgIpc) is 2.75. The zero-order valence-electron chi connectivity index (χ0n) is 9.13. The summed E-state index contributed by atoms with van der Waals surface area (Å²) < 4.78 is 19.6. The van der Waals surface area contributed by atoms with E-state index in [0.717, 1.165) is 4.70 Å². The minimum atomic E-state index is -0.395. The van der Waals surface area contributed by atoms with Crippen LogP contribution in [0.15, 0.2) is 18.2 Å². The van der Waals surface area contributed by atoms with Crippen LogP contribution in [0.5, 0.6) is 0 Å². The maximum atomic E-state index is 14.0. The van der Waals surface area contributed by atoms with Crippen molar-refractivity contribution in [1.29, 1.82) is 0 Å². The fraction of sp³-hybridized carbons (Fsp3) is 0.250. The van der Waals surface area contributed by atoms with Crippen LogP contribution in [-0.2, 0) is 10.1 Å². The van der Waals surface area contributed by atoms with Crippen LogP contribution >= 0.6 is 27.3 Å². The van der Waals surface area contributed by atoms with Crippen LogP contribution in [-0.4, -0.2) is 12.6 Å². The summed E-state index contributed by atoms with van der Waals surface area (Å²) in [6.07, 6.45) is 0. The Kier molecular flexibility index (Phi) is 3.79. The highest BCUT2D eigenvalue weighted by Crippen LogP contribution is 2.30. The van der Waals surface area contributed by atoms with Gasteiger partial charge in [0.15, 0.2) is 0 Å². The van der Waals surface area contributed by atoms with Gasteiger partial charge in [-0.05, 0) is 24.6 Å². The van der Waals surface area contributed by atoms with Gasteiger partial charge in [-0.1, -0.05) is 22.0 Å². The molecule has 0 aliphatic heterocycles. The normalized spacial score (nSPS) is 10.8. The predicted molar refractivity (Wildman–Crippen MR) is 70.4 cm³/mol.